The first-order valence-corrected chi connectivity index (χ1v) is 11.9. The number of allylic oxidation sites excluding steroid dienone is 1. The lowest BCUT2D eigenvalue weighted by Crippen LogP contribution is -1.95. The van der Waals surface area contributed by atoms with Crippen molar-refractivity contribution in [2.24, 2.45) is 0 Å². The van der Waals surface area contributed by atoms with E-state index in [4.69, 9.17) is 4.52 Å². The van der Waals surface area contributed by atoms with Gasteiger partial charge >= 0.3 is 7.60 Å². The highest BCUT2D eigenvalue weighted by Gasteiger charge is 2.15. The summed E-state index contributed by atoms with van der Waals surface area (Å²) in [6.07, 6.45) is 8.79. The highest BCUT2D eigenvalue weighted by molar-refractivity contribution is 7.56. The molecule has 1 saturated carbocycles. The maximum atomic E-state index is 11.8. The summed E-state index contributed by atoms with van der Waals surface area (Å²) in [5.74, 6) is 1.50. The van der Waals surface area contributed by atoms with Crippen LogP contribution in [0.1, 0.15) is 62.1 Å². The zero-order valence-corrected chi connectivity index (χ0v) is 17.8. The van der Waals surface area contributed by atoms with Crippen molar-refractivity contribution in [2.75, 3.05) is 6.61 Å². The summed E-state index contributed by atoms with van der Waals surface area (Å²) in [7, 11) is -3.68. The molecule has 0 amide bonds. The van der Waals surface area contributed by atoms with Crippen molar-refractivity contribution in [3.63, 3.8) is 0 Å². The number of hydrogen-bond acceptors (Lipinski definition) is 3. The molecule has 1 unspecified atom stereocenters. The molecule has 1 aliphatic rings. The average Bonchev–Trinajstić information content (AvgIpc) is 2.98. The Labute approximate surface area is 173 Å². The maximum absolute atomic E-state index is 11.8. The lowest BCUT2D eigenvalue weighted by molar-refractivity contribution is 0.283. The number of benzene rings is 2. The maximum Gasteiger partial charge on any atom is 0.351 e. The number of rotatable bonds is 6. The van der Waals surface area contributed by atoms with Crippen LogP contribution in [0.4, 0.5) is 0 Å². The Morgan fingerprint density at radius 1 is 0.966 bits per heavy atom. The molecule has 0 bridgehead atoms. The van der Waals surface area contributed by atoms with Crippen molar-refractivity contribution in [1.29, 1.82) is 0 Å². The molecule has 0 spiro atoms. The van der Waals surface area contributed by atoms with Gasteiger partial charge in [-0.25, -0.2) is 0 Å². The first-order valence-electron chi connectivity index (χ1n) is 10.3. The van der Waals surface area contributed by atoms with E-state index in [1.54, 1.807) is 25.1 Å². The molecule has 2 N–H and O–H groups in total. The van der Waals surface area contributed by atoms with Gasteiger partial charge in [0.1, 0.15) is 5.75 Å². The minimum Gasteiger partial charge on any atom is -0.508 e. The molecule has 0 heterocycles. The van der Waals surface area contributed by atoms with E-state index >= 15 is 0 Å². The SMILES string of the molecule is CCOP(=O)(O)/C=C/c1ccc(C(=C2CCCCCC2)c2ccc(O)cc2)cc1. The van der Waals surface area contributed by atoms with Crippen LogP contribution >= 0.6 is 7.60 Å². The van der Waals surface area contributed by atoms with Crippen LogP contribution < -0.4 is 0 Å². The van der Waals surface area contributed by atoms with Gasteiger partial charge in [0.15, 0.2) is 0 Å². The van der Waals surface area contributed by atoms with E-state index < -0.39 is 7.60 Å². The molecule has 1 atom stereocenters. The molecule has 0 radical (unpaired) electrons. The van der Waals surface area contributed by atoms with Gasteiger partial charge in [0.2, 0.25) is 0 Å². The molecule has 0 aliphatic heterocycles. The van der Waals surface area contributed by atoms with Crippen molar-refractivity contribution in [3.8, 4) is 5.75 Å². The zero-order chi connectivity index (χ0) is 20.7. The second-order valence-corrected chi connectivity index (χ2v) is 9.04. The number of aromatic hydroxyl groups is 1. The summed E-state index contributed by atoms with van der Waals surface area (Å²) in [6.45, 7) is 1.89. The Morgan fingerprint density at radius 3 is 2.07 bits per heavy atom. The molecule has 1 aliphatic carbocycles. The summed E-state index contributed by atoms with van der Waals surface area (Å²) in [5.41, 5.74) is 5.79. The second-order valence-electron chi connectivity index (χ2n) is 7.36. The summed E-state index contributed by atoms with van der Waals surface area (Å²) in [4.78, 5) is 9.71. The van der Waals surface area contributed by atoms with Gasteiger partial charge in [0.25, 0.3) is 0 Å². The van der Waals surface area contributed by atoms with Crippen LogP contribution in [0, 0.1) is 0 Å². The highest BCUT2D eigenvalue weighted by atomic mass is 31.2. The average molecular weight is 412 g/mol. The fourth-order valence-electron chi connectivity index (χ4n) is 3.78. The molecule has 29 heavy (non-hydrogen) atoms. The van der Waals surface area contributed by atoms with E-state index in [0.717, 1.165) is 29.5 Å². The van der Waals surface area contributed by atoms with Gasteiger partial charge in [-0.15, -0.1) is 0 Å². The molecule has 2 aromatic rings. The van der Waals surface area contributed by atoms with E-state index in [9.17, 15) is 14.6 Å². The quantitative estimate of drug-likeness (QED) is 0.407. The van der Waals surface area contributed by atoms with Crippen LogP contribution in [0.5, 0.6) is 5.75 Å². The normalized spacial score (nSPS) is 17.1. The summed E-state index contributed by atoms with van der Waals surface area (Å²) >= 11 is 0. The summed E-state index contributed by atoms with van der Waals surface area (Å²) < 4.78 is 16.7. The summed E-state index contributed by atoms with van der Waals surface area (Å²) in [5, 5.41) is 9.69. The lowest BCUT2D eigenvalue weighted by atomic mass is 9.89. The van der Waals surface area contributed by atoms with Gasteiger partial charge in [-0.2, -0.15) is 0 Å². The Bertz CT molecular complexity index is 901. The van der Waals surface area contributed by atoms with E-state index in [0.29, 0.717) is 0 Å². The van der Waals surface area contributed by atoms with Crippen molar-refractivity contribution < 1.29 is 19.1 Å². The van der Waals surface area contributed by atoms with E-state index in [1.807, 2.05) is 24.3 Å². The standard InChI is InChI=1S/C24H29O4P/c1-2-28-29(26,27)18-17-19-9-11-21(12-10-19)24(20-7-5-3-4-6-8-20)22-13-15-23(25)16-14-22/h9-18,25H,2-8H2,1H3,(H,26,27)/b18-17+. The largest absolute Gasteiger partial charge is 0.508 e. The van der Waals surface area contributed by atoms with Crippen molar-refractivity contribution in [1.82, 2.24) is 0 Å². The van der Waals surface area contributed by atoms with Crippen LogP contribution in [0.25, 0.3) is 11.6 Å². The van der Waals surface area contributed by atoms with Crippen LogP contribution in [0.15, 0.2) is 59.9 Å². The predicted octanol–water partition coefficient (Wildman–Crippen LogP) is 6.74. The third-order valence-corrected chi connectivity index (χ3v) is 6.34. The van der Waals surface area contributed by atoms with Crippen LogP contribution in [-0.4, -0.2) is 16.6 Å². The van der Waals surface area contributed by atoms with Crippen LogP contribution in [0.2, 0.25) is 0 Å². The molecule has 1 fully saturated rings. The molecule has 3 rings (SSSR count). The van der Waals surface area contributed by atoms with Gasteiger partial charge in [-0.05, 0) is 73.1 Å². The molecule has 154 valence electrons. The Kier molecular flexibility index (Phi) is 7.49. The third-order valence-electron chi connectivity index (χ3n) is 5.19. The van der Waals surface area contributed by atoms with Gasteiger partial charge in [0, 0.05) is 5.82 Å². The molecular formula is C24H29O4P. The van der Waals surface area contributed by atoms with Crippen LogP contribution in [0.3, 0.4) is 0 Å². The molecule has 5 heteroatoms. The predicted molar refractivity (Wildman–Crippen MR) is 119 cm³/mol. The monoisotopic (exact) mass is 412 g/mol. The van der Waals surface area contributed by atoms with E-state index in [2.05, 4.69) is 12.1 Å². The molecule has 0 aromatic heterocycles. The fourth-order valence-corrected chi connectivity index (χ4v) is 4.59. The smallest absolute Gasteiger partial charge is 0.351 e. The lowest BCUT2D eigenvalue weighted by Gasteiger charge is -2.16. The van der Waals surface area contributed by atoms with Crippen molar-refractivity contribution in [3.05, 3.63) is 76.6 Å². The Morgan fingerprint density at radius 2 is 1.52 bits per heavy atom. The second kappa shape index (κ2) is 10.1. The van der Waals surface area contributed by atoms with Crippen molar-refractivity contribution in [2.45, 2.75) is 45.4 Å². The van der Waals surface area contributed by atoms with Gasteiger partial charge < -0.3 is 14.5 Å². The first kappa shape index (κ1) is 21.6. The minimum atomic E-state index is -3.68. The van der Waals surface area contributed by atoms with Gasteiger partial charge in [-0.3, -0.25) is 4.57 Å². The minimum absolute atomic E-state index is 0.195. The molecular weight excluding hydrogens is 383 g/mol. The zero-order valence-electron chi connectivity index (χ0n) is 16.9. The van der Waals surface area contributed by atoms with Crippen molar-refractivity contribution >= 4 is 19.2 Å². The number of hydrogen-bond donors (Lipinski definition) is 2. The fraction of sp³-hybridized carbons (Fsp3) is 0.333. The topological polar surface area (TPSA) is 66.8 Å². The number of phenols is 1. The Balaban J connectivity index is 1.94. The van der Waals surface area contributed by atoms with Crippen LogP contribution in [-0.2, 0) is 9.09 Å². The third kappa shape index (κ3) is 6.17. The van der Waals surface area contributed by atoms with E-state index in [-0.39, 0.29) is 12.4 Å². The molecule has 0 saturated heterocycles. The Hall–Kier alpha value is -2.13. The molecule has 2 aromatic carbocycles. The van der Waals surface area contributed by atoms with Gasteiger partial charge in [0.05, 0.1) is 6.61 Å². The number of phenolic OH excluding ortho intramolecular Hbond substituents is 1. The highest BCUT2D eigenvalue weighted by Crippen LogP contribution is 2.44. The van der Waals surface area contributed by atoms with Gasteiger partial charge in [-0.1, -0.05) is 54.8 Å². The first-order chi connectivity index (χ1) is 14.0. The summed E-state index contributed by atoms with van der Waals surface area (Å²) in [6, 6.07) is 15.4. The molecule has 4 nitrogen and oxygen atoms in total. The van der Waals surface area contributed by atoms with E-state index in [1.165, 1.54) is 42.6 Å².